The lowest BCUT2D eigenvalue weighted by atomic mass is 9.82. The Labute approximate surface area is 118 Å². The molecule has 0 aliphatic heterocycles. The number of aromatic nitrogens is 1. The van der Waals surface area contributed by atoms with Gasteiger partial charge in [0.1, 0.15) is 0 Å². The Bertz CT molecular complexity index is 450. The summed E-state index contributed by atoms with van der Waals surface area (Å²) >= 11 is 1.64. The van der Waals surface area contributed by atoms with Gasteiger partial charge in [0.05, 0.1) is 29.3 Å². The maximum absolute atomic E-state index is 11.9. The maximum Gasteiger partial charge on any atom is 0.223 e. The van der Waals surface area contributed by atoms with Crippen molar-refractivity contribution in [2.75, 3.05) is 0 Å². The van der Waals surface area contributed by atoms with Crippen LogP contribution in [0.5, 0.6) is 0 Å². The molecule has 1 amide bonds. The number of hydrogen-bond acceptors (Lipinski definition) is 4. The van der Waals surface area contributed by atoms with Gasteiger partial charge in [0, 0.05) is 4.88 Å². The third-order valence-corrected chi connectivity index (χ3v) is 4.65. The predicted octanol–water partition coefficient (Wildman–Crippen LogP) is 2.46. The summed E-state index contributed by atoms with van der Waals surface area (Å²) in [7, 11) is 0. The molecule has 19 heavy (non-hydrogen) atoms. The highest BCUT2D eigenvalue weighted by Gasteiger charge is 2.31. The van der Waals surface area contributed by atoms with Gasteiger partial charge < -0.3 is 10.4 Å². The summed E-state index contributed by atoms with van der Waals surface area (Å²) in [4.78, 5) is 17.4. The quantitative estimate of drug-likeness (QED) is 0.891. The molecule has 1 heterocycles. The third-order valence-electron chi connectivity index (χ3n) is 3.73. The van der Waals surface area contributed by atoms with E-state index < -0.39 is 5.60 Å². The zero-order valence-corrected chi connectivity index (χ0v) is 12.5. The molecule has 0 radical (unpaired) electrons. The Kier molecular flexibility index (Phi) is 4.58. The van der Waals surface area contributed by atoms with Crippen LogP contribution in [0.15, 0.2) is 0 Å². The van der Waals surface area contributed by atoms with Gasteiger partial charge in [-0.3, -0.25) is 4.79 Å². The van der Waals surface area contributed by atoms with E-state index in [1.54, 1.807) is 11.3 Å². The van der Waals surface area contributed by atoms with E-state index in [2.05, 4.69) is 10.3 Å². The van der Waals surface area contributed by atoms with Crippen LogP contribution in [0.2, 0.25) is 0 Å². The SMILES string of the molecule is Cc1nc(CNC(=O)CC2(O)CCCCC2)c(C)s1. The Morgan fingerprint density at radius 1 is 1.37 bits per heavy atom. The van der Waals surface area contributed by atoms with Gasteiger partial charge in [-0.1, -0.05) is 19.3 Å². The van der Waals surface area contributed by atoms with Gasteiger partial charge in [0.2, 0.25) is 5.91 Å². The van der Waals surface area contributed by atoms with Crippen LogP contribution >= 0.6 is 11.3 Å². The Balaban J connectivity index is 1.83. The van der Waals surface area contributed by atoms with E-state index >= 15 is 0 Å². The maximum atomic E-state index is 11.9. The predicted molar refractivity (Wildman–Crippen MR) is 76.1 cm³/mol. The molecule has 0 unspecified atom stereocenters. The molecule has 2 N–H and O–H groups in total. The largest absolute Gasteiger partial charge is 0.389 e. The van der Waals surface area contributed by atoms with Crippen LogP contribution < -0.4 is 5.32 Å². The Morgan fingerprint density at radius 3 is 2.63 bits per heavy atom. The number of hydrogen-bond donors (Lipinski definition) is 2. The number of nitrogens with one attached hydrogen (secondary N) is 1. The lowest BCUT2D eigenvalue weighted by molar-refractivity contribution is -0.127. The van der Waals surface area contributed by atoms with Crippen LogP contribution in [0.4, 0.5) is 0 Å². The molecule has 5 heteroatoms. The average molecular weight is 282 g/mol. The molecule has 1 aliphatic carbocycles. The molecule has 0 bridgehead atoms. The van der Waals surface area contributed by atoms with Crippen molar-refractivity contribution in [1.82, 2.24) is 10.3 Å². The second kappa shape index (κ2) is 6.01. The van der Waals surface area contributed by atoms with E-state index in [0.717, 1.165) is 41.3 Å². The third kappa shape index (κ3) is 4.01. The first kappa shape index (κ1) is 14.5. The van der Waals surface area contributed by atoms with Crippen LogP contribution in [0.3, 0.4) is 0 Å². The van der Waals surface area contributed by atoms with Gasteiger partial charge in [-0.2, -0.15) is 0 Å². The van der Waals surface area contributed by atoms with Gasteiger partial charge in [0.25, 0.3) is 0 Å². The Morgan fingerprint density at radius 2 is 2.05 bits per heavy atom. The highest BCUT2D eigenvalue weighted by molar-refractivity contribution is 7.11. The molecule has 106 valence electrons. The van der Waals surface area contributed by atoms with Crippen LogP contribution in [-0.4, -0.2) is 21.6 Å². The fourth-order valence-electron chi connectivity index (χ4n) is 2.67. The number of rotatable bonds is 4. The average Bonchev–Trinajstić information content (AvgIpc) is 2.65. The highest BCUT2D eigenvalue weighted by atomic mass is 32.1. The number of carbonyl (C=O) groups is 1. The molecule has 0 spiro atoms. The van der Waals surface area contributed by atoms with Crippen LogP contribution in [0.25, 0.3) is 0 Å². The highest BCUT2D eigenvalue weighted by Crippen LogP contribution is 2.30. The first-order chi connectivity index (χ1) is 8.98. The molecule has 0 aromatic carbocycles. The minimum absolute atomic E-state index is 0.0746. The second-order valence-electron chi connectivity index (χ2n) is 5.47. The molecular formula is C14H22N2O2S. The summed E-state index contributed by atoms with van der Waals surface area (Å²) < 4.78 is 0. The van der Waals surface area contributed by atoms with Crippen molar-refractivity contribution in [3.05, 3.63) is 15.6 Å². The zero-order chi connectivity index (χ0) is 13.9. The van der Waals surface area contributed by atoms with E-state index in [-0.39, 0.29) is 12.3 Å². The van der Waals surface area contributed by atoms with Crippen LogP contribution in [-0.2, 0) is 11.3 Å². The van der Waals surface area contributed by atoms with Crippen molar-refractivity contribution in [1.29, 1.82) is 0 Å². The molecule has 4 nitrogen and oxygen atoms in total. The van der Waals surface area contributed by atoms with Gasteiger partial charge in [-0.15, -0.1) is 11.3 Å². The minimum Gasteiger partial charge on any atom is -0.389 e. The summed E-state index contributed by atoms with van der Waals surface area (Å²) in [5.74, 6) is -0.0746. The second-order valence-corrected chi connectivity index (χ2v) is 6.88. The molecular weight excluding hydrogens is 260 g/mol. The molecule has 2 rings (SSSR count). The minimum atomic E-state index is -0.782. The fraction of sp³-hybridized carbons (Fsp3) is 0.714. The summed E-state index contributed by atoms with van der Waals surface area (Å²) in [6.45, 7) is 4.44. The van der Waals surface area contributed by atoms with Crippen molar-refractivity contribution in [2.45, 2.75) is 64.5 Å². The lowest BCUT2D eigenvalue weighted by Crippen LogP contribution is -2.38. The fourth-order valence-corrected chi connectivity index (χ4v) is 3.50. The molecule has 1 aromatic rings. The zero-order valence-electron chi connectivity index (χ0n) is 11.7. The number of aliphatic hydroxyl groups is 1. The van der Waals surface area contributed by atoms with Crippen molar-refractivity contribution in [2.24, 2.45) is 0 Å². The molecule has 0 saturated heterocycles. The number of amides is 1. The Hall–Kier alpha value is -0.940. The van der Waals surface area contributed by atoms with Gasteiger partial charge in [0.15, 0.2) is 0 Å². The van der Waals surface area contributed by atoms with Crippen molar-refractivity contribution >= 4 is 17.2 Å². The summed E-state index contributed by atoms with van der Waals surface area (Å²) in [6, 6.07) is 0. The van der Waals surface area contributed by atoms with E-state index in [4.69, 9.17) is 0 Å². The van der Waals surface area contributed by atoms with Crippen LogP contribution in [0.1, 0.15) is 54.1 Å². The van der Waals surface area contributed by atoms with E-state index in [1.165, 1.54) is 6.42 Å². The standard InChI is InChI=1S/C14H22N2O2S/c1-10-12(16-11(2)19-10)9-15-13(17)8-14(18)6-4-3-5-7-14/h18H,3-9H2,1-2H3,(H,15,17). The van der Waals surface area contributed by atoms with Gasteiger partial charge in [-0.25, -0.2) is 4.98 Å². The van der Waals surface area contributed by atoms with Crippen LogP contribution in [0, 0.1) is 13.8 Å². The first-order valence-corrected chi connectivity index (χ1v) is 7.72. The smallest absolute Gasteiger partial charge is 0.223 e. The molecule has 1 aliphatic rings. The molecule has 1 saturated carbocycles. The monoisotopic (exact) mass is 282 g/mol. The number of nitrogens with zero attached hydrogens (tertiary/aromatic N) is 1. The number of carbonyl (C=O) groups excluding carboxylic acids is 1. The van der Waals surface area contributed by atoms with Crippen molar-refractivity contribution < 1.29 is 9.90 Å². The van der Waals surface area contributed by atoms with E-state index in [9.17, 15) is 9.90 Å². The summed E-state index contributed by atoms with van der Waals surface area (Å²) in [5.41, 5.74) is 0.154. The number of aryl methyl sites for hydroxylation is 2. The van der Waals surface area contributed by atoms with Crippen molar-refractivity contribution in [3.63, 3.8) is 0 Å². The molecule has 1 fully saturated rings. The molecule has 0 atom stereocenters. The van der Waals surface area contributed by atoms with Crippen molar-refractivity contribution in [3.8, 4) is 0 Å². The summed E-state index contributed by atoms with van der Waals surface area (Å²) in [6.07, 6.45) is 4.92. The normalized spacial score (nSPS) is 18.3. The lowest BCUT2D eigenvalue weighted by Gasteiger charge is -2.31. The van der Waals surface area contributed by atoms with Gasteiger partial charge >= 0.3 is 0 Å². The number of thiazole rings is 1. The van der Waals surface area contributed by atoms with Gasteiger partial charge in [-0.05, 0) is 26.7 Å². The molecule has 1 aromatic heterocycles. The van der Waals surface area contributed by atoms with E-state index in [0.29, 0.717) is 6.54 Å². The first-order valence-electron chi connectivity index (χ1n) is 6.90. The summed E-state index contributed by atoms with van der Waals surface area (Å²) in [5, 5.41) is 14.2. The topological polar surface area (TPSA) is 62.2 Å². The van der Waals surface area contributed by atoms with E-state index in [1.807, 2.05) is 13.8 Å².